The number of ether oxygens (including phenoxy) is 2. The van der Waals surface area contributed by atoms with E-state index >= 15 is 0 Å². The number of carbonyl (C=O) groups is 2. The van der Waals surface area contributed by atoms with Crippen LogP contribution in [0.3, 0.4) is 0 Å². The fraction of sp³-hybridized carbons (Fsp3) is 0.500. The molecule has 1 aromatic carbocycles. The Morgan fingerprint density at radius 3 is 2.33 bits per heavy atom. The maximum absolute atomic E-state index is 12.1. The van der Waals surface area contributed by atoms with Gasteiger partial charge in [-0.25, -0.2) is 4.79 Å². The summed E-state index contributed by atoms with van der Waals surface area (Å²) in [6, 6.07) is 6.83. The van der Waals surface area contributed by atoms with E-state index in [9.17, 15) is 9.59 Å². The van der Waals surface area contributed by atoms with Gasteiger partial charge in [0.05, 0.1) is 13.7 Å². The second-order valence-electron chi connectivity index (χ2n) is 5.30. The van der Waals surface area contributed by atoms with Crippen LogP contribution in [-0.2, 0) is 9.53 Å². The summed E-state index contributed by atoms with van der Waals surface area (Å²) in [6.45, 7) is 5.95. The number of carbonyl (C=O) groups excluding carboxylic acids is 2. The minimum Gasteiger partial charge on any atom is -0.494 e. The van der Waals surface area contributed by atoms with Gasteiger partial charge in [-0.15, -0.1) is 0 Å². The lowest BCUT2D eigenvalue weighted by atomic mass is 10.1. The van der Waals surface area contributed by atoms with E-state index in [1.807, 2.05) is 0 Å². The van der Waals surface area contributed by atoms with Crippen molar-refractivity contribution in [1.82, 2.24) is 5.32 Å². The van der Waals surface area contributed by atoms with Crippen molar-refractivity contribution in [3.05, 3.63) is 29.8 Å². The molecular formula is C16H23NO4. The van der Waals surface area contributed by atoms with Gasteiger partial charge in [0, 0.05) is 5.56 Å². The molecule has 0 unspecified atom stereocenters. The largest absolute Gasteiger partial charge is 0.494 e. The van der Waals surface area contributed by atoms with Gasteiger partial charge in [0.2, 0.25) is 0 Å². The van der Waals surface area contributed by atoms with E-state index < -0.39 is 11.5 Å². The SMILES string of the molecule is CCCCOc1ccc(C(=O)NC(C)(C)C(=O)OC)cc1. The molecular weight excluding hydrogens is 270 g/mol. The molecule has 0 heterocycles. The van der Waals surface area contributed by atoms with Crippen LogP contribution in [-0.4, -0.2) is 31.1 Å². The number of nitrogens with one attached hydrogen (secondary N) is 1. The van der Waals surface area contributed by atoms with Crippen molar-refractivity contribution in [3.63, 3.8) is 0 Å². The monoisotopic (exact) mass is 293 g/mol. The average molecular weight is 293 g/mol. The Balaban J connectivity index is 2.65. The molecule has 5 heteroatoms. The van der Waals surface area contributed by atoms with Crippen molar-refractivity contribution < 1.29 is 19.1 Å². The minimum atomic E-state index is -1.07. The van der Waals surface area contributed by atoms with Crippen LogP contribution >= 0.6 is 0 Å². The van der Waals surface area contributed by atoms with E-state index in [-0.39, 0.29) is 5.91 Å². The molecule has 1 amide bonds. The van der Waals surface area contributed by atoms with Crippen LogP contribution in [0.25, 0.3) is 0 Å². The molecule has 0 aliphatic heterocycles. The Hall–Kier alpha value is -2.04. The molecule has 0 bridgehead atoms. The summed E-state index contributed by atoms with van der Waals surface area (Å²) in [5, 5.41) is 2.64. The summed E-state index contributed by atoms with van der Waals surface area (Å²) in [7, 11) is 1.29. The van der Waals surface area contributed by atoms with Gasteiger partial charge in [-0.05, 0) is 44.5 Å². The molecule has 0 aliphatic rings. The molecule has 0 spiro atoms. The second kappa shape index (κ2) is 7.67. The molecule has 0 saturated heterocycles. The number of rotatable bonds is 7. The molecule has 0 aromatic heterocycles. The highest BCUT2D eigenvalue weighted by atomic mass is 16.5. The first-order valence-corrected chi connectivity index (χ1v) is 7.04. The number of unbranched alkanes of at least 4 members (excludes halogenated alkanes) is 1. The van der Waals surface area contributed by atoms with Gasteiger partial charge in [-0.1, -0.05) is 13.3 Å². The van der Waals surface area contributed by atoms with Gasteiger partial charge in [-0.2, -0.15) is 0 Å². The van der Waals surface area contributed by atoms with Crippen LogP contribution in [0.2, 0.25) is 0 Å². The van der Waals surface area contributed by atoms with E-state index in [0.29, 0.717) is 12.2 Å². The van der Waals surface area contributed by atoms with Crippen LogP contribution in [0.5, 0.6) is 5.75 Å². The number of esters is 1. The zero-order valence-electron chi connectivity index (χ0n) is 13.1. The third kappa shape index (κ3) is 5.10. The number of methoxy groups -OCH3 is 1. The van der Waals surface area contributed by atoms with Crippen LogP contribution < -0.4 is 10.1 Å². The highest BCUT2D eigenvalue weighted by Gasteiger charge is 2.30. The summed E-state index contributed by atoms with van der Waals surface area (Å²) in [5.41, 5.74) is -0.600. The molecule has 0 atom stereocenters. The molecule has 116 valence electrons. The number of benzene rings is 1. The molecule has 0 aliphatic carbocycles. The molecule has 5 nitrogen and oxygen atoms in total. The summed E-state index contributed by atoms with van der Waals surface area (Å²) < 4.78 is 10.2. The molecule has 21 heavy (non-hydrogen) atoms. The van der Waals surface area contributed by atoms with Crippen molar-refractivity contribution in [2.45, 2.75) is 39.2 Å². The average Bonchev–Trinajstić information content (AvgIpc) is 2.46. The fourth-order valence-electron chi connectivity index (χ4n) is 1.70. The second-order valence-corrected chi connectivity index (χ2v) is 5.30. The first kappa shape index (κ1) is 17.0. The predicted octanol–water partition coefficient (Wildman–Crippen LogP) is 2.55. The summed E-state index contributed by atoms with van der Waals surface area (Å²) in [4.78, 5) is 23.6. The van der Waals surface area contributed by atoms with E-state index in [0.717, 1.165) is 18.6 Å². The normalized spacial score (nSPS) is 10.9. The molecule has 0 radical (unpaired) electrons. The van der Waals surface area contributed by atoms with Gasteiger partial charge in [0.25, 0.3) is 5.91 Å². The van der Waals surface area contributed by atoms with Crippen LogP contribution in [0.4, 0.5) is 0 Å². The van der Waals surface area contributed by atoms with Crippen molar-refractivity contribution in [2.75, 3.05) is 13.7 Å². The maximum Gasteiger partial charge on any atom is 0.330 e. The van der Waals surface area contributed by atoms with E-state index in [4.69, 9.17) is 4.74 Å². The summed E-state index contributed by atoms with van der Waals surface area (Å²) >= 11 is 0. The fourth-order valence-corrected chi connectivity index (χ4v) is 1.70. The summed E-state index contributed by atoms with van der Waals surface area (Å²) in [6.07, 6.45) is 2.07. The first-order valence-electron chi connectivity index (χ1n) is 7.04. The first-order chi connectivity index (χ1) is 9.90. The molecule has 0 saturated carbocycles. The van der Waals surface area contributed by atoms with Gasteiger partial charge in [0.15, 0.2) is 0 Å². The molecule has 0 fully saturated rings. The Morgan fingerprint density at radius 1 is 1.19 bits per heavy atom. The topological polar surface area (TPSA) is 64.6 Å². The standard InChI is InChI=1S/C16H23NO4/c1-5-6-11-21-13-9-7-12(8-10-13)14(18)17-16(2,3)15(19)20-4/h7-10H,5-6,11H2,1-4H3,(H,17,18). The number of hydrogen-bond donors (Lipinski definition) is 1. The zero-order valence-corrected chi connectivity index (χ0v) is 13.1. The van der Waals surface area contributed by atoms with Crippen molar-refractivity contribution in [1.29, 1.82) is 0 Å². The minimum absolute atomic E-state index is 0.328. The lowest BCUT2D eigenvalue weighted by Gasteiger charge is -2.23. The van der Waals surface area contributed by atoms with E-state index in [1.165, 1.54) is 7.11 Å². The van der Waals surface area contributed by atoms with E-state index in [2.05, 4.69) is 17.0 Å². The predicted molar refractivity (Wildman–Crippen MR) is 80.4 cm³/mol. The lowest BCUT2D eigenvalue weighted by molar-refractivity contribution is -0.146. The number of hydrogen-bond acceptors (Lipinski definition) is 4. The third-order valence-corrected chi connectivity index (χ3v) is 3.00. The Labute approximate surface area is 125 Å². The maximum atomic E-state index is 12.1. The highest BCUT2D eigenvalue weighted by Crippen LogP contribution is 2.14. The quantitative estimate of drug-likeness (QED) is 0.620. The Kier molecular flexibility index (Phi) is 6.21. The molecule has 1 N–H and O–H groups in total. The van der Waals surface area contributed by atoms with Gasteiger partial charge < -0.3 is 14.8 Å². The van der Waals surface area contributed by atoms with Gasteiger partial charge in [-0.3, -0.25) is 4.79 Å². The zero-order chi connectivity index (χ0) is 15.9. The molecule has 1 aromatic rings. The van der Waals surface area contributed by atoms with Crippen LogP contribution in [0.1, 0.15) is 44.0 Å². The molecule has 1 rings (SSSR count). The summed E-state index contributed by atoms with van der Waals surface area (Å²) in [5.74, 6) is -0.0897. The lowest BCUT2D eigenvalue weighted by Crippen LogP contribution is -2.50. The van der Waals surface area contributed by atoms with Gasteiger partial charge in [0.1, 0.15) is 11.3 Å². The Bertz CT molecular complexity index is 480. The van der Waals surface area contributed by atoms with Crippen molar-refractivity contribution in [3.8, 4) is 5.75 Å². The highest BCUT2D eigenvalue weighted by molar-refractivity contribution is 5.97. The van der Waals surface area contributed by atoms with Crippen LogP contribution in [0, 0.1) is 0 Å². The third-order valence-electron chi connectivity index (χ3n) is 3.00. The van der Waals surface area contributed by atoms with Gasteiger partial charge >= 0.3 is 5.97 Å². The van der Waals surface area contributed by atoms with Crippen molar-refractivity contribution in [2.24, 2.45) is 0 Å². The number of amides is 1. The smallest absolute Gasteiger partial charge is 0.330 e. The Morgan fingerprint density at radius 2 is 1.81 bits per heavy atom. The van der Waals surface area contributed by atoms with E-state index in [1.54, 1.807) is 38.1 Å². The van der Waals surface area contributed by atoms with Crippen LogP contribution in [0.15, 0.2) is 24.3 Å². The van der Waals surface area contributed by atoms with Crippen molar-refractivity contribution >= 4 is 11.9 Å².